The summed E-state index contributed by atoms with van der Waals surface area (Å²) in [6.07, 6.45) is 1.90. The van der Waals surface area contributed by atoms with Crippen molar-refractivity contribution >= 4 is 11.9 Å². The third-order valence-corrected chi connectivity index (χ3v) is 2.35. The van der Waals surface area contributed by atoms with Crippen molar-refractivity contribution in [2.24, 2.45) is 0 Å². The van der Waals surface area contributed by atoms with Crippen LogP contribution in [-0.4, -0.2) is 27.8 Å². The van der Waals surface area contributed by atoms with E-state index < -0.39 is 17.5 Å². The highest BCUT2D eigenvalue weighted by Crippen LogP contribution is 2.23. The fraction of sp³-hybridized carbons (Fsp3) is 0.286. The van der Waals surface area contributed by atoms with Crippen LogP contribution in [0.5, 0.6) is 5.75 Å². The van der Waals surface area contributed by atoms with E-state index in [1.165, 1.54) is 0 Å². The molecule has 19 heavy (non-hydrogen) atoms. The van der Waals surface area contributed by atoms with Crippen molar-refractivity contribution in [1.29, 1.82) is 0 Å². The van der Waals surface area contributed by atoms with Crippen molar-refractivity contribution in [2.45, 2.75) is 25.9 Å². The highest BCUT2D eigenvalue weighted by atomic mass is 16.6. The number of ether oxygens (including phenoxy) is 1. The number of esters is 1. The maximum Gasteiger partial charge on any atom is 0.331 e. The normalized spacial score (nSPS) is 11.5. The van der Waals surface area contributed by atoms with Crippen LogP contribution in [-0.2, 0) is 20.7 Å². The van der Waals surface area contributed by atoms with E-state index in [0.29, 0.717) is 12.0 Å². The van der Waals surface area contributed by atoms with Gasteiger partial charge >= 0.3 is 11.9 Å². The van der Waals surface area contributed by atoms with Gasteiger partial charge in [0.05, 0.1) is 0 Å². The zero-order chi connectivity index (χ0) is 14.5. The highest BCUT2D eigenvalue weighted by Gasteiger charge is 2.23. The molecular weight excluding hydrogens is 248 g/mol. The number of rotatable bonds is 5. The van der Waals surface area contributed by atoms with Crippen molar-refractivity contribution in [1.82, 2.24) is 0 Å². The van der Waals surface area contributed by atoms with E-state index in [-0.39, 0.29) is 5.75 Å². The Kier molecular flexibility index (Phi) is 4.69. The fourth-order valence-electron chi connectivity index (χ4n) is 1.60. The van der Waals surface area contributed by atoms with Crippen molar-refractivity contribution in [3.8, 4) is 5.75 Å². The Hall–Kier alpha value is -2.30. The monoisotopic (exact) mass is 264 g/mol. The molecule has 1 aromatic rings. The average Bonchev–Trinajstić information content (AvgIpc) is 2.28. The molecule has 102 valence electrons. The van der Waals surface area contributed by atoms with E-state index in [4.69, 9.17) is 9.84 Å². The number of carboxylic acid groups (broad SMARTS) is 1. The molecule has 5 nitrogen and oxygen atoms in total. The predicted octanol–water partition coefficient (Wildman–Crippen LogP) is 1.90. The second-order valence-corrected chi connectivity index (χ2v) is 4.66. The lowest BCUT2D eigenvalue weighted by Crippen LogP contribution is -2.30. The first-order chi connectivity index (χ1) is 8.80. The highest BCUT2D eigenvalue weighted by molar-refractivity contribution is 5.90. The first-order valence-electron chi connectivity index (χ1n) is 5.71. The average molecular weight is 264 g/mol. The largest absolute Gasteiger partial charge is 0.508 e. The molecule has 0 bridgehead atoms. The molecule has 1 rings (SSSR count). The van der Waals surface area contributed by atoms with Crippen LogP contribution in [0.4, 0.5) is 0 Å². The molecule has 0 aliphatic heterocycles. The molecule has 0 saturated heterocycles. The van der Waals surface area contributed by atoms with Crippen LogP contribution >= 0.6 is 0 Å². The Morgan fingerprint density at radius 1 is 1.26 bits per heavy atom. The lowest BCUT2D eigenvalue weighted by atomic mass is 9.97. The zero-order valence-corrected chi connectivity index (χ0v) is 10.8. The van der Waals surface area contributed by atoms with Gasteiger partial charge in [-0.3, -0.25) is 0 Å². The van der Waals surface area contributed by atoms with Crippen LogP contribution in [0.1, 0.15) is 19.4 Å². The zero-order valence-electron chi connectivity index (χ0n) is 10.8. The summed E-state index contributed by atoms with van der Waals surface area (Å²) in [5.74, 6) is -1.81. The van der Waals surface area contributed by atoms with Gasteiger partial charge in [-0.25, -0.2) is 9.59 Å². The van der Waals surface area contributed by atoms with Gasteiger partial charge in [0.25, 0.3) is 0 Å². The Balaban J connectivity index is 2.69. The number of aliphatic carboxylic acids is 1. The number of phenolic OH excluding ortho intramolecular Hbond substituents is 1. The minimum Gasteiger partial charge on any atom is -0.508 e. The lowest BCUT2D eigenvalue weighted by Gasteiger charge is -2.24. The number of phenols is 1. The van der Waals surface area contributed by atoms with E-state index in [1.807, 2.05) is 0 Å². The molecule has 0 radical (unpaired) electrons. The van der Waals surface area contributed by atoms with Crippen LogP contribution in [0.15, 0.2) is 36.4 Å². The van der Waals surface area contributed by atoms with Gasteiger partial charge in [-0.1, -0.05) is 18.2 Å². The number of carbonyl (C=O) groups is 2. The summed E-state index contributed by atoms with van der Waals surface area (Å²) in [7, 11) is 0. The molecule has 0 aromatic heterocycles. The minimum atomic E-state index is -1.21. The van der Waals surface area contributed by atoms with Gasteiger partial charge in [0.15, 0.2) is 0 Å². The van der Waals surface area contributed by atoms with Crippen LogP contribution in [0.3, 0.4) is 0 Å². The molecule has 0 aliphatic carbocycles. The maximum atomic E-state index is 11.4. The smallest absolute Gasteiger partial charge is 0.331 e. The first-order valence-corrected chi connectivity index (χ1v) is 5.71. The van der Waals surface area contributed by atoms with Crippen LogP contribution in [0.2, 0.25) is 0 Å². The number of hydrogen-bond donors (Lipinski definition) is 2. The van der Waals surface area contributed by atoms with Crippen LogP contribution in [0.25, 0.3) is 0 Å². The van der Waals surface area contributed by atoms with Gasteiger partial charge in [0, 0.05) is 18.6 Å². The standard InChI is InChI=1S/C14H16O5/c1-14(2,19-13(18)8-7-12(16)17)9-10-5-3-4-6-11(10)15/h3-8,15H,9H2,1-2H3,(H,16,17)/b8-7+. The number of benzene rings is 1. The lowest BCUT2D eigenvalue weighted by molar-refractivity contribution is -0.150. The van der Waals surface area contributed by atoms with Gasteiger partial charge in [0.2, 0.25) is 0 Å². The maximum absolute atomic E-state index is 11.4. The number of para-hydroxylation sites is 1. The summed E-state index contributed by atoms with van der Waals surface area (Å²) >= 11 is 0. The summed E-state index contributed by atoms with van der Waals surface area (Å²) in [5.41, 5.74) is -0.193. The number of carbonyl (C=O) groups excluding carboxylic acids is 1. The molecule has 1 aromatic carbocycles. The molecule has 2 N–H and O–H groups in total. The van der Waals surface area contributed by atoms with E-state index >= 15 is 0 Å². The molecule has 0 heterocycles. The third kappa shape index (κ3) is 5.25. The number of carboxylic acids is 1. The number of aromatic hydroxyl groups is 1. The minimum absolute atomic E-state index is 0.132. The SMILES string of the molecule is CC(C)(Cc1ccccc1O)OC(=O)/C=C/C(=O)O. The van der Waals surface area contributed by atoms with Gasteiger partial charge in [-0.15, -0.1) is 0 Å². The molecule has 0 atom stereocenters. The second kappa shape index (κ2) is 6.04. The Bertz CT molecular complexity index is 502. The van der Waals surface area contributed by atoms with Gasteiger partial charge in [-0.2, -0.15) is 0 Å². The van der Waals surface area contributed by atoms with Crippen molar-refractivity contribution < 1.29 is 24.5 Å². The summed E-state index contributed by atoms with van der Waals surface area (Å²) in [6, 6.07) is 6.76. The molecule has 0 aliphatic rings. The first kappa shape index (κ1) is 14.8. The van der Waals surface area contributed by atoms with E-state index in [2.05, 4.69) is 0 Å². The molecule has 5 heteroatoms. The van der Waals surface area contributed by atoms with E-state index in [1.54, 1.807) is 38.1 Å². The Morgan fingerprint density at radius 2 is 1.89 bits per heavy atom. The van der Waals surface area contributed by atoms with Gasteiger partial charge < -0.3 is 14.9 Å². The van der Waals surface area contributed by atoms with Gasteiger partial charge in [0.1, 0.15) is 11.4 Å². The molecule has 0 spiro atoms. The van der Waals surface area contributed by atoms with Crippen molar-refractivity contribution in [3.63, 3.8) is 0 Å². The summed E-state index contributed by atoms with van der Waals surface area (Å²) in [4.78, 5) is 21.7. The molecule has 0 amide bonds. The van der Waals surface area contributed by atoms with Crippen LogP contribution < -0.4 is 0 Å². The Labute approximate surface area is 111 Å². The second-order valence-electron chi connectivity index (χ2n) is 4.66. The molecule has 0 unspecified atom stereocenters. The fourth-order valence-corrected chi connectivity index (χ4v) is 1.60. The Morgan fingerprint density at radius 3 is 2.47 bits per heavy atom. The third-order valence-electron chi connectivity index (χ3n) is 2.35. The summed E-state index contributed by atoms with van der Waals surface area (Å²) in [5, 5.41) is 18.1. The summed E-state index contributed by atoms with van der Waals surface area (Å²) in [6.45, 7) is 3.37. The van der Waals surface area contributed by atoms with Gasteiger partial charge in [-0.05, 0) is 25.5 Å². The quantitative estimate of drug-likeness (QED) is 0.626. The van der Waals surface area contributed by atoms with Crippen LogP contribution in [0, 0.1) is 0 Å². The topological polar surface area (TPSA) is 83.8 Å². The van der Waals surface area contributed by atoms with E-state index in [9.17, 15) is 14.7 Å². The summed E-state index contributed by atoms with van der Waals surface area (Å²) < 4.78 is 5.15. The van der Waals surface area contributed by atoms with Crippen molar-refractivity contribution in [2.75, 3.05) is 0 Å². The van der Waals surface area contributed by atoms with E-state index in [0.717, 1.165) is 12.2 Å². The molecule has 0 saturated carbocycles. The molecular formula is C14H16O5. The number of hydrogen-bond acceptors (Lipinski definition) is 4. The van der Waals surface area contributed by atoms with Crippen molar-refractivity contribution in [3.05, 3.63) is 42.0 Å². The predicted molar refractivity (Wildman–Crippen MR) is 68.8 cm³/mol. The molecule has 0 fully saturated rings.